The Labute approximate surface area is 301 Å². The Morgan fingerprint density at radius 1 is 0.840 bits per heavy atom. The number of piperidine rings is 1. The van der Waals surface area contributed by atoms with Crippen LogP contribution in [0.3, 0.4) is 0 Å². The molecule has 9 nitrogen and oxygen atoms in total. The molecule has 5 rings (SSSR count). The summed E-state index contributed by atoms with van der Waals surface area (Å²) in [5, 5.41) is 13.3. The number of carbonyl (C=O) groups excluding carboxylic acids is 4. The van der Waals surface area contributed by atoms with Crippen molar-refractivity contribution in [2.24, 2.45) is 44.8 Å². The molecule has 2 amide bonds. The van der Waals surface area contributed by atoms with Crippen molar-refractivity contribution in [3.63, 3.8) is 0 Å². The molecule has 6 atom stereocenters. The lowest BCUT2D eigenvalue weighted by molar-refractivity contribution is -0.148. The van der Waals surface area contributed by atoms with E-state index in [1.54, 1.807) is 4.90 Å². The predicted molar refractivity (Wildman–Crippen MR) is 194 cm³/mol. The Morgan fingerprint density at radius 3 is 1.98 bits per heavy atom. The van der Waals surface area contributed by atoms with Gasteiger partial charge in [0.2, 0.25) is 11.8 Å². The first-order valence-electron chi connectivity index (χ1n) is 19.8. The van der Waals surface area contributed by atoms with Crippen LogP contribution in [0.4, 0.5) is 0 Å². The number of hydrogen-bond acceptors (Lipinski definition) is 6. The van der Waals surface area contributed by atoms with Crippen molar-refractivity contribution >= 4 is 29.4 Å². The number of hydrogen-bond donors (Lipinski definition) is 2. The van der Waals surface area contributed by atoms with Crippen LogP contribution in [0.15, 0.2) is 0 Å². The summed E-state index contributed by atoms with van der Waals surface area (Å²) < 4.78 is 0. The summed E-state index contributed by atoms with van der Waals surface area (Å²) in [7, 11) is 0. The zero-order valence-electron chi connectivity index (χ0n) is 32.7. The van der Waals surface area contributed by atoms with Crippen molar-refractivity contribution in [2.75, 3.05) is 19.6 Å². The number of aliphatic carboxylic acids is 1. The highest BCUT2D eigenvalue weighted by atomic mass is 16.4. The van der Waals surface area contributed by atoms with Crippen LogP contribution in [-0.2, 0) is 24.0 Å². The van der Waals surface area contributed by atoms with Gasteiger partial charge < -0.3 is 15.3 Å². The maximum Gasteiger partial charge on any atom is 0.306 e. The molecule has 0 radical (unpaired) electrons. The Kier molecular flexibility index (Phi) is 10.8. The van der Waals surface area contributed by atoms with E-state index >= 15 is 0 Å². The maximum absolute atomic E-state index is 15.0. The second-order valence-corrected chi connectivity index (χ2v) is 19.6. The van der Waals surface area contributed by atoms with Gasteiger partial charge in [0.15, 0.2) is 11.6 Å². The smallest absolute Gasteiger partial charge is 0.306 e. The molecule has 282 valence electrons. The quantitative estimate of drug-likeness (QED) is 0.221. The molecule has 3 saturated carbocycles. The number of carboxylic acids is 1. The average Bonchev–Trinajstić information content (AvgIpc) is 3.21. The molecule has 5 fully saturated rings. The number of amides is 2. The monoisotopic (exact) mass is 698 g/mol. The fourth-order valence-electron chi connectivity index (χ4n) is 10.9. The van der Waals surface area contributed by atoms with Crippen LogP contribution in [0, 0.1) is 44.8 Å². The molecule has 2 spiro atoms. The molecule has 50 heavy (non-hydrogen) atoms. The minimum Gasteiger partial charge on any atom is -0.481 e. The van der Waals surface area contributed by atoms with E-state index in [-0.39, 0.29) is 58.5 Å². The highest BCUT2D eigenvalue weighted by Crippen LogP contribution is 2.88. The summed E-state index contributed by atoms with van der Waals surface area (Å²) in [6, 6.07) is -1.72. The van der Waals surface area contributed by atoms with Gasteiger partial charge in [0.25, 0.3) is 0 Å². The molecule has 2 heterocycles. The van der Waals surface area contributed by atoms with E-state index in [9.17, 15) is 29.1 Å². The molecule has 0 aromatic carbocycles. The normalized spacial score (nSPS) is 29.5. The van der Waals surface area contributed by atoms with Crippen LogP contribution >= 0.6 is 0 Å². The van der Waals surface area contributed by atoms with Crippen molar-refractivity contribution in [3.05, 3.63) is 0 Å². The van der Waals surface area contributed by atoms with Gasteiger partial charge in [-0.05, 0) is 79.2 Å². The number of likely N-dealkylation sites (tertiary alicyclic amines) is 2. The zero-order chi connectivity index (χ0) is 37.0. The van der Waals surface area contributed by atoms with E-state index < -0.39 is 40.7 Å². The lowest BCUT2D eigenvalue weighted by Crippen LogP contribution is -2.57. The molecule has 2 aliphatic heterocycles. The Balaban J connectivity index is 1.40. The van der Waals surface area contributed by atoms with Gasteiger partial charge in [-0.1, -0.05) is 94.4 Å². The number of nitrogens with zero attached hydrogens (tertiary/aromatic N) is 2. The van der Waals surface area contributed by atoms with Crippen LogP contribution in [0.25, 0.3) is 0 Å². The first kappa shape index (κ1) is 38.9. The van der Waals surface area contributed by atoms with Crippen molar-refractivity contribution in [1.82, 2.24) is 15.1 Å². The highest BCUT2D eigenvalue weighted by molar-refractivity contribution is 5.96. The van der Waals surface area contributed by atoms with Crippen LogP contribution in [0.1, 0.15) is 146 Å². The van der Waals surface area contributed by atoms with Gasteiger partial charge >= 0.3 is 5.97 Å². The van der Waals surface area contributed by atoms with Crippen LogP contribution in [0.5, 0.6) is 0 Å². The van der Waals surface area contributed by atoms with Crippen LogP contribution in [-0.4, -0.2) is 82.0 Å². The molecular formula is C41H67N3O6. The van der Waals surface area contributed by atoms with E-state index in [0.29, 0.717) is 25.3 Å². The van der Waals surface area contributed by atoms with Gasteiger partial charge in [-0.3, -0.25) is 28.9 Å². The van der Waals surface area contributed by atoms with Crippen molar-refractivity contribution in [2.45, 2.75) is 164 Å². The first-order chi connectivity index (χ1) is 23.2. The summed E-state index contributed by atoms with van der Waals surface area (Å²) in [6.45, 7) is 20.5. The van der Waals surface area contributed by atoms with E-state index in [1.165, 1.54) is 0 Å². The minimum atomic E-state index is -0.929. The lowest BCUT2D eigenvalue weighted by Gasteiger charge is -2.39. The second-order valence-electron chi connectivity index (χ2n) is 19.6. The molecular weight excluding hydrogens is 630 g/mol. The molecule has 3 aliphatic carbocycles. The summed E-state index contributed by atoms with van der Waals surface area (Å²) in [4.78, 5) is 73.6. The molecule has 0 bridgehead atoms. The zero-order valence-corrected chi connectivity index (χ0v) is 32.7. The Morgan fingerprint density at radius 2 is 1.50 bits per heavy atom. The van der Waals surface area contributed by atoms with Crippen LogP contribution in [0.2, 0.25) is 0 Å². The molecule has 0 aromatic heterocycles. The topological polar surface area (TPSA) is 124 Å². The van der Waals surface area contributed by atoms with Gasteiger partial charge in [-0.15, -0.1) is 0 Å². The molecule has 2 N–H and O–H groups in total. The van der Waals surface area contributed by atoms with E-state index in [4.69, 9.17) is 0 Å². The van der Waals surface area contributed by atoms with Crippen LogP contribution < -0.4 is 5.32 Å². The highest BCUT2D eigenvalue weighted by Gasteiger charge is 2.85. The molecule has 2 saturated heterocycles. The number of rotatable bonds is 13. The second kappa shape index (κ2) is 13.9. The van der Waals surface area contributed by atoms with Gasteiger partial charge in [-0.2, -0.15) is 0 Å². The number of carbonyl (C=O) groups is 5. The number of Topliss-reactive ketones (excluding diaryl/α,β-unsaturated/α-hetero) is 2. The summed E-state index contributed by atoms with van der Waals surface area (Å²) in [6.07, 6.45) is 10.3. The number of likely N-dealkylation sites (N-methyl/N-ethyl adjacent to an activating group) is 1. The number of ketones is 2. The SMILES string of the molecule is CCN1CCCC[C@@H]1C(=O)N[C@H](C(=O)C[C@@H](C(=O)N1C[C@@]2(C[C@H]1C(=O)C[C@H](CC1CCC1)C(=O)O)C(C)(C)C21CCC1)C(C)(C)C)C(C)(C)C. The van der Waals surface area contributed by atoms with Crippen molar-refractivity contribution in [3.8, 4) is 0 Å². The molecule has 0 unspecified atom stereocenters. The number of carboxylic acid groups (broad SMARTS) is 1. The molecule has 0 aromatic rings. The third-order valence-corrected chi connectivity index (χ3v) is 14.7. The molecule has 5 aliphatic rings. The lowest BCUT2D eigenvalue weighted by atomic mass is 9.73. The minimum absolute atomic E-state index is 0.0237. The standard InChI is InChI=1S/C41H67N3O6/c1-10-43-20-12-11-17-29(43)34(47)42-33(38(5,6)7)32(46)23-28(37(2,3)4)35(48)44-25-41(39(8,9)40(41)18-14-19-40)24-30(44)31(45)22-27(36(49)50)21-26-15-13-16-26/h26-30,33H,10-25H2,1-9H3,(H,42,47)(H,49,50)/t27-,28-,29+,30-,33+,41-/m0/s1. The predicted octanol–water partition coefficient (Wildman–Crippen LogP) is 6.66. The summed E-state index contributed by atoms with van der Waals surface area (Å²) in [5.41, 5.74) is -1.26. The average molecular weight is 698 g/mol. The van der Waals surface area contributed by atoms with Gasteiger partial charge in [0, 0.05) is 30.7 Å². The fourth-order valence-corrected chi connectivity index (χ4v) is 10.9. The Bertz CT molecular complexity index is 1330. The third kappa shape index (κ3) is 6.82. The molecule has 9 heteroatoms. The van der Waals surface area contributed by atoms with Gasteiger partial charge in [0.05, 0.1) is 24.0 Å². The number of fused-ring (bicyclic) bond motifs is 1. The summed E-state index contributed by atoms with van der Waals surface area (Å²) in [5.74, 6) is -2.64. The van der Waals surface area contributed by atoms with Gasteiger partial charge in [-0.25, -0.2) is 0 Å². The first-order valence-corrected chi connectivity index (χ1v) is 19.8. The van der Waals surface area contributed by atoms with Gasteiger partial charge in [0.1, 0.15) is 0 Å². The van der Waals surface area contributed by atoms with E-state index in [2.05, 4.69) is 31.0 Å². The Hall–Kier alpha value is -2.29. The largest absolute Gasteiger partial charge is 0.481 e. The fraction of sp³-hybridized carbons (Fsp3) is 0.878. The van der Waals surface area contributed by atoms with E-state index in [1.807, 2.05) is 41.5 Å². The third-order valence-electron chi connectivity index (χ3n) is 14.7. The van der Waals surface area contributed by atoms with E-state index in [0.717, 1.165) is 70.9 Å². The number of nitrogens with one attached hydrogen (secondary N) is 1. The van der Waals surface area contributed by atoms with Crippen molar-refractivity contribution < 1.29 is 29.1 Å². The maximum atomic E-state index is 15.0. The summed E-state index contributed by atoms with van der Waals surface area (Å²) >= 11 is 0. The van der Waals surface area contributed by atoms with Crippen molar-refractivity contribution in [1.29, 1.82) is 0 Å².